The summed E-state index contributed by atoms with van der Waals surface area (Å²) >= 11 is 0. The van der Waals surface area contributed by atoms with Crippen molar-refractivity contribution in [1.82, 2.24) is 15.1 Å². The zero-order valence-corrected chi connectivity index (χ0v) is 8.91. The number of hydrogen-bond donors (Lipinski definition) is 1. The van der Waals surface area contributed by atoms with Crippen LogP contribution in [0.3, 0.4) is 0 Å². The lowest BCUT2D eigenvalue weighted by Gasteiger charge is -2.25. The zero-order valence-electron chi connectivity index (χ0n) is 8.91. The molecule has 15 heavy (non-hydrogen) atoms. The van der Waals surface area contributed by atoms with E-state index in [2.05, 4.69) is 15.1 Å². The molecule has 2 aliphatic rings. The highest BCUT2D eigenvalue weighted by atomic mass is 16.5. The second-order valence-electron chi connectivity index (χ2n) is 4.33. The Hall–Kier alpha value is -0.870. The molecule has 3 heterocycles. The predicted octanol–water partition coefficient (Wildman–Crippen LogP) is 0.880. The average molecular weight is 207 g/mol. The molecule has 0 radical (unpaired) electrons. The maximum absolute atomic E-state index is 5.39. The first kappa shape index (κ1) is 9.36. The van der Waals surface area contributed by atoms with Crippen LogP contribution in [0.2, 0.25) is 0 Å². The Balaban J connectivity index is 1.87. The van der Waals surface area contributed by atoms with E-state index < -0.39 is 0 Å². The second kappa shape index (κ2) is 3.94. The molecule has 0 spiro atoms. The Morgan fingerprint density at radius 1 is 1.40 bits per heavy atom. The second-order valence-corrected chi connectivity index (χ2v) is 4.33. The van der Waals surface area contributed by atoms with Crippen LogP contribution in [0.1, 0.15) is 30.1 Å². The largest absolute Gasteiger partial charge is 0.381 e. The van der Waals surface area contributed by atoms with Gasteiger partial charge in [0.15, 0.2) is 0 Å². The van der Waals surface area contributed by atoms with Crippen molar-refractivity contribution in [2.75, 3.05) is 19.8 Å². The fourth-order valence-electron chi connectivity index (χ4n) is 2.52. The van der Waals surface area contributed by atoms with Crippen LogP contribution < -0.4 is 5.32 Å². The van der Waals surface area contributed by atoms with Gasteiger partial charge in [-0.2, -0.15) is 5.10 Å². The highest BCUT2D eigenvalue weighted by Gasteiger charge is 2.22. The summed E-state index contributed by atoms with van der Waals surface area (Å²) in [5.41, 5.74) is 2.83. The van der Waals surface area contributed by atoms with E-state index in [1.807, 2.05) is 6.20 Å². The first-order chi connectivity index (χ1) is 7.45. The van der Waals surface area contributed by atoms with Gasteiger partial charge >= 0.3 is 0 Å². The van der Waals surface area contributed by atoms with E-state index in [-0.39, 0.29) is 0 Å². The van der Waals surface area contributed by atoms with Crippen LogP contribution in [-0.4, -0.2) is 29.5 Å². The van der Waals surface area contributed by atoms with Crippen LogP contribution in [-0.2, 0) is 17.7 Å². The Kier molecular flexibility index (Phi) is 2.46. The molecule has 1 fully saturated rings. The highest BCUT2D eigenvalue weighted by Crippen LogP contribution is 2.24. The number of hydrogen-bond acceptors (Lipinski definition) is 3. The van der Waals surface area contributed by atoms with Crippen molar-refractivity contribution < 1.29 is 4.74 Å². The van der Waals surface area contributed by atoms with E-state index in [1.165, 1.54) is 11.3 Å². The third-order valence-electron chi connectivity index (χ3n) is 3.38. The summed E-state index contributed by atoms with van der Waals surface area (Å²) in [6.45, 7) is 3.84. The molecule has 1 saturated heterocycles. The van der Waals surface area contributed by atoms with Gasteiger partial charge in [-0.1, -0.05) is 0 Å². The Labute approximate surface area is 89.6 Å². The van der Waals surface area contributed by atoms with E-state index in [0.29, 0.717) is 6.04 Å². The van der Waals surface area contributed by atoms with Gasteiger partial charge in [0.1, 0.15) is 0 Å². The van der Waals surface area contributed by atoms with E-state index in [4.69, 9.17) is 4.74 Å². The van der Waals surface area contributed by atoms with E-state index in [0.717, 1.165) is 45.6 Å². The molecule has 2 aliphatic heterocycles. The van der Waals surface area contributed by atoms with Crippen molar-refractivity contribution in [2.24, 2.45) is 0 Å². The molecule has 4 nitrogen and oxygen atoms in total. The molecular formula is C11H17N3O. The predicted molar refractivity (Wildman–Crippen MR) is 56.7 cm³/mol. The molecule has 4 heteroatoms. The fraction of sp³-hybridized carbons (Fsp3) is 0.727. The molecule has 0 atom stereocenters. The topological polar surface area (TPSA) is 39.1 Å². The van der Waals surface area contributed by atoms with Gasteiger partial charge in [-0.25, -0.2) is 0 Å². The van der Waals surface area contributed by atoms with Crippen LogP contribution in [0, 0.1) is 0 Å². The summed E-state index contributed by atoms with van der Waals surface area (Å²) in [6, 6.07) is 0.570. The molecule has 82 valence electrons. The van der Waals surface area contributed by atoms with E-state index in [9.17, 15) is 0 Å². The van der Waals surface area contributed by atoms with Gasteiger partial charge < -0.3 is 10.1 Å². The molecule has 0 aliphatic carbocycles. The van der Waals surface area contributed by atoms with Crippen molar-refractivity contribution >= 4 is 0 Å². The molecule has 3 rings (SSSR count). The lowest BCUT2D eigenvalue weighted by Crippen LogP contribution is -2.27. The van der Waals surface area contributed by atoms with Gasteiger partial charge in [0.2, 0.25) is 0 Å². The number of fused-ring (bicyclic) bond motifs is 1. The summed E-state index contributed by atoms with van der Waals surface area (Å²) in [6.07, 6.45) is 5.37. The molecular weight excluding hydrogens is 190 g/mol. The fourth-order valence-corrected chi connectivity index (χ4v) is 2.52. The van der Waals surface area contributed by atoms with Gasteiger partial charge in [0, 0.05) is 44.0 Å². The van der Waals surface area contributed by atoms with Crippen LogP contribution in [0.4, 0.5) is 0 Å². The summed E-state index contributed by atoms with van der Waals surface area (Å²) in [5, 5.41) is 7.92. The normalized spacial score (nSPS) is 22.7. The standard InChI is InChI=1S/C11H17N3O/c1-4-12-7-9-8-13-14(11(1)9)10-2-5-15-6-3-10/h8,10,12H,1-7H2. The smallest absolute Gasteiger partial charge is 0.0566 e. The molecule has 0 amide bonds. The van der Waals surface area contributed by atoms with Crippen LogP contribution in [0.15, 0.2) is 6.20 Å². The van der Waals surface area contributed by atoms with Gasteiger partial charge in [-0.05, 0) is 12.8 Å². The number of nitrogens with zero attached hydrogens (tertiary/aromatic N) is 2. The first-order valence-corrected chi connectivity index (χ1v) is 5.79. The molecule has 1 N–H and O–H groups in total. The Bertz CT molecular complexity index is 342. The lowest BCUT2D eigenvalue weighted by molar-refractivity contribution is 0.0653. The van der Waals surface area contributed by atoms with E-state index in [1.54, 1.807) is 0 Å². The summed E-state index contributed by atoms with van der Waals surface area (Å²) in [4.78, 5) is 0. The zero-order chi connectivity index (χ0) is 10.1. The highest BCUT2D eigenvalue weighted by molar-refractivity contribution is 5.21. The number of ether oxygens (including phenoxy) is 1. The van der Waals surface area contributed by atoms with Crippen LogP contribution >= 0.6 is 0 Å². The van der Waals surface area contributed by atoms with Gasteiger partial charge in [0.05, 0.1) is 12.2 Å². The third kappa shape index (κ3) is 1.68. The number of nitrogens with one attached hydrogen (secondary N) is 1. The van der Waals surface area contributed by atoms with Crippen molar-refractivity contribution in [1.29, 1.82) is 0 Å². The minimum absolute atomic E-state index is 0.570. The minimum atomic E-state index is 0.570. The third-order valence-corrected chi connectivity index (χ3v) is 3.38. The monoisotopic (exact) mass is 207 g/mol. The van der Waals surface area contributed by atoms with Crippen LogP contribution in [0.25, 0.3) is 0 Å². The van der Waals surface area contributed by atoms with Gasteiger partial charge in [0.25, 0.3) is 0 Å². The summed E-state index contributed by atoms with van der Waals surface area (Å²) < 4.78 is 7.64. The maximum Gasteiger partial charge on any atom is 0.0566 e. The lowest BCUT2D eigenvalue weighted by atomic mass is 10.1. The molecule has 1 aromatic heterocycles. The molecule has 0 saturated carbocycles. The van der Waals surface area contributed by atoms with Gasteiger partial charge in [-0.15, -0.1) is 0 Å². The first-order valence-electron chi connectivity index (χ1n) is 5.79. The van der Waals surface area contributed by atoms with Gasteiger partial charge in [-0.3, -0.25) is 4.68 Å². The number of rotatable bonds is 1. The number of aromatic nitrogens is 2. The quantitative estimate of drug-likeness (QED) is 0.743. The van der Waals surface area contributed by atoms with Crippen molar-refractivity contribution in [3.05, 3.63) is 17.5 Å². The Morgan fingerprint density at radius 3 is 3.13 bits per heavy atom. The average Bonchev–Trinajstić information content (AvgIpc) is 2.74. The SMILES string of the molecule is c1nn(C2CCOCC2)c2c1CNCC2. The summed E-state index contributed by atoms with van der Waals surface area (Å²) in [7, 11) is 0. The molecule has 0 unspecified atom stereocenters. The maximum atomic E-state index is 5.39. The van der Waals surface area contributed by atoms with E-state index >= 15 is 0 Å². The Morgan fingerprint density at radius 2 is 2.27 bits per heavy atom. The minimum Gasteiger partial charge on any atom is -0.381 e. The molecule has 0 bridgehead atoms. The van der Waals surface area contributed by atoms with Crippen molar-refractivity contribution in [2.45, 2.75) is 31.8 Å². The summed E-state index contributed by atoms with van der Waals surface area (Å²) in [5.74, 6) is 0. The molecule has 1 aromatic rings. The van der Waals surface area contributed by atoms with Crippen molar-refractivity contribution in [3.63, 3.8) is 0 Å². The van der Waals surface area contributed by atoms with Crippen molar-refractivity contribution in [3.8, 4) is 0 Å². The molecule has 0 aromatic carbocycles. The van der Waals surface area contributed by atoms with Crippen LogP contribution in [0.5, 0.6) is 0 Å².